The summed E-state index contributed by atoms with van der Waals surface area (Å²) in [6.45, 7) is 0.416. The van der Waals surface area contributed by atoms with E-state index in [1.165, 1.54) is 0 Å². The van der Waals surface area contributed by atoms with E-state index >= 15 is 0 Å². The van der Waals surface area contributed by atoms with Gasteiger partial charge in [0.25, 0.3) is 0 Å². The molecule has 1 rings (SSSR count). The molecule has 0 saturated heterocycles. The average Bonchev–Trinajstić information content (AvgIpc) is 2.74. The molecule has 6 heteroatoms. The van der Waals surface area contributed by atoms with E-state index in [1.54, 1.807) is 0 Å². The van der Waals surface area contributed by atoms with E-state index in [1.807, 2.05) is 0 Å². The van der Waals surface area contributed by atoms with E-state index in [4.69, 9.17) is 11.6 Å². The van der Waals surface area contributed by atoms with E-state index < -0.39 is 10.0 Å². The first kappa shape index (κ1) is 14.2. The van der Waals surface area contributed by atoms with Crippen LogP contribution in [0, 0.1) is 5.41 Å². The quantitative estimate of drug-likeness (QED) is 0.680. The number of hydrogen-bond acceptors (Lipinski definition) is 3. The number of hydrogen-bond donors (Lipinski definition) is 2. The number of rotatable bonds is 7. The molecule has 1 saturated carbocycles. The molecule has 1 aliphatic carbocycles. The summed E-state index contributed by atoms with van der Waals surface area (Å²) in [5.74, 6) is 0.421. The van der Waals surface area contributed by atoms with Crippen molar-refractivity contribution in [2.75, 3.05) is 24.8 Å². The minimum absolute atomic E-state index is 0.0605. The first-order valence-electron chi connectivity index (χ1n) is 5.68. The van der Waals surface area contributed by atoms with E-state index in [9.17, 15) is 13.5 Å². The van der Waals surface area contributed by atoms with Gasteiger partial charge in [0, 0.05) is 24.4 Å². The maximum atomic E-state index is 11.6. The normalized spacial score (nSPS) is 20.1. The van der Waals surface area contributed by atoms with Crippen molar-refractivity contribution in [1.82, 2.24) is 4.72 Å². The smallest absolute Gasteiger partial charge is 0.211 e. The number of nitrogens with one attached hydrogen (secondary N) is 1. The molecule has 16 heavy (non-hydrogen) atoms. The highest BCUT2D eigenvalue weighted by Crippen LogP contribution is 2.36. The van der Waals surface area contributed by atoms with Crippen LogP contribution in [0.4, 0.5) is 0 Å². The third kappa shape index (κ3) is 4.20. The second kappa shape index (κ2) is 6.19. The molecule has 2 N–H and O–H groups in total. The molecule has 4 nitrogen and oxygen atoms in total. The van der Waals surface area contributed by atoms with Crippen LogP contribution < -0.4 is 4.72 Å². The van der Waals surface area contributed by atoms with Crippen LogP contribution in [0.15, 0.2) is 0 Å². The fourth-order valence-electron chi connectivity index (χ4n) is 2.10. The largest absolute Gasteiger partial charge is 0.396 e. The molecule has 0 bridgehead atoms. The highest BCUT2D eigenvalue weighted by Gasteiger charge is 2.34. The Morgan fingerprint density at radius 1 is 1.31 bits per heavy atom. The molecule has 0 aromatic heterocycles. The summed E-state index contributed by atoms with van der Waals surface area (Å²) < 4.78 is 25.7. The summed E-state index contributed by atoms with van der Waals surface area (Å²) in [7, 11) is -3.22. The minimum Gasteiger partial charge on any atom is -0.396 e. The molecule has 1 aliphatic rings. The van der Waals surface area contributed by atoms with Gasteiger partial charge in [0.05, 0.1) is 5.75 Å². The topological polar surface area (TPSA) is 66.4 Å². The summed E-state index contributed by atoms with van der Waals surface area (Å²) >= 11 is 5.46. The van der Waals surface area contributed by atoms with Crippen molar-refractivity contribution in [3.05, 3.63) is 0 Å². The van der Waals surface area contributed by atoms with Gasteiger partial charge < -0.3 is 5.11 Å². The molecule has 0 aromatic carbocycles. The second-order valence-corrected chi connectivity index (χ2v) is 6.85. The van der Waals surface area contributed by atoms with Gasteiger partial charge in [0.15, 0.2) is 0 Å². The second-order valence-electron chi connectivity index (χ2n) is 4.55. The lowest BCUT2D eigenvalue weighted by Crippen LogP contribution is -2.39. The van der Waals surface area contributed by atoms with Gasteiger partial charge in [-0.3, -0.25) is 0 Å². The fraction of sp³-hybridized carbons (Fsp3) is 1.00. The van der Waals surface area contributed by atoms with E-state index in [0.717, 1.165) is 25.7 Å². The summed E-state index contributed by atoms with van der Waals surface area (Å²) in [6.07, 6.45) is 4.42. The van der Waals surface area contributed by atoms with Crippen molar-refractivity contribution in [3.8, 4) is 0 Å². The zero-order chi connectivity index (χ0) is 12.1. The zero-order valence-corrected chi connectivity index (χ0v) is 11.0. The summed E-state index contributed by atoms with van der Waals surface area (Å²) in [6, 6.07) is 0. The van der Waals surface area contributed by atoms with Crippen LogP contribution in [-0.2, 0) is 10.0 Å². The minimum atomic E-state index is -3.22. The lowest BCUT2D eigenvalue weighted by atomic mass is 9.88. The predicted molar refractivity (Wildman–Crippen MR) is 65.1 cm³/mol. The SMILES string of the molecule is O=S(=O)(CCCCl)NCC1(CO)CCCC1. The Morgan fingerprint density at radius 2 is 1.94 bits per heavy atom. The molecule has 0 atom stereocenters. The monoisotopic (exact) mass is 269 g/mol. The van der Waals surface area contributed by atoms with Crippen molar-refractivity contribution < 1.29 is 13.5 Å². The van der Waals surface area contributed by atoms with Crippen LogP contribution >= 0.6 is 11.6 Å². The molecular weight excluding hydrogens is 250 g/mol. The maximum absolute atomic E-state index is 11.6. The molecule has 0 aromatic rings. The van der Waals surface area contributed by atoms with Gasteiger partial charge >= 0.3 is 0 Å². The number of halogens is 1. The summed E-state index contributed by atoms with van der Waals surface area (Å²) in [5, 5.41) is 9.33. The average molecular weight is 270 g/mol. The van der Waals surface area contributed by atoms with Crippen LogP contribution in [-0.4, -0.2) is 38.3 Å². The van der Waals surface area contributed by atoms with E-state index in [2.05, 4.69) is 4.72 Å². The number of sulfonamides is 1. The lowest BCUT2D eigenvalue weighted by Gasteiger charge is -2.26. The fourth-order valence-corrected chi connectivity index (χ4v) is 3.58. The third-order valence-electron chi connectivity index (χ3n) is 3.21. The maximum Gasteiger partial charge on any atom is 0.211 e. The van der Waals surface area contributed by atoms with Crippen molar-refractivity contribution in [1.29, 1.82) is 0 Å². The molecule has 0 unspecified atom stereocenters. The van der Waals surface area contributed by atoms with Gasteiger partial charge in [0.2, 0.25) is 10.0 Å². The Labute approximate surface area is 102 Å². The molecule has 0 spiro atoms. The molecule has 0 aliphatic heterocycles. The van der Waals surface area contributed by atoms with Gasteiger partial charge in [-0.05, 0) is 19.3 Å². The lowest BCUT2D eigenvalue weighted by molar-refractivity contribution is 0.134. The van der Waals surface area contributed by atoms with Gasteiger partial charge in [0.1, 0.15) is 0 Å². The van der Waals surface area contributed by atoms with Crippen molar-refractivity contribution >= 4 is 21.6 Å². The van der Waals surface area contributed by atoms with Crippen LogP contribution in [0.1, 0.15) is 32.1 Å². The number of aliphatic hydroxyl groups is 1. The molecule has 96 valence electrons. The van der Waals surface area contributed by atoms with Crippen LogP contribution in [0.5, 0.6) is 0 Å². The van der Waals surface area contributed by atoms with Gasteiger partial charge in [-0.2, -0.15) is 0 Å². The molecule has 1 fully saturated rings. The van der Waals surface area contributed by atoms with Crippen molar-refractivity contribution in [3.63, 3.8) is 0 Å². The van der Waals surface area contributed by atoms with E-state index in [0.29, 0.717) is 18.8 Å². The highest BCUT2D eigenvalue weighted by molar-refractivity contribution is 7.89. The van der Waals surface area contributed by atoms with Crippen molar-refractivity contribution in [2.45, 2.75) is 32.1 Å². The Kier molecular flexibility index (Phi) is 5.50. The molecule has 0 heterocycles. The molecular formula is C10H20ClNO3S. The molecule has 0 radical (unpaired) electrons. The van der Waals surface area contributed by atoms with Gasteiger partial charge in [-0.15, -0.1) is 11.6 Å². The Balaban J connectivity index is 2.43. The number of alkyl halides is 1. The van der Waals surface area contributed by atoms with E-state index in [-0.39, 0.29) is 17.8 Å². The third-order valence-corrected chi connectivity index (χ3v) is 4.89. The Morgan fingerprint density at radius 3 is 2.44 bits per heavy atom. The number of aliphatic hydroxyl groups excluding tert-OH is 1. The van der Waals surface area contributed by atoms with Crippen LogP contribution in [0.3, 0.4) is 0 Å². The van der Waals surface area contributed by atoms with Crippen LogP contribution in [0.2, 0.25) is 0 Å². The zero-order valence-electron chi connectivity index (χ0n) is 9.41. The summed E-state index contributed by atoms with van der Waals surface area (Å²) in [5.41, 5.74) is -0.228. The standard InChI is InChI=1S/C10H20ClNO3S/c11-6-3-7-16(14,15)12-8-10(9-13)4-1-2-5-10/h12-13H,1-9H2. The van der Waals surface area contributed by atoms with Gasteiger partial charge in [-0.25, -0.2) is 13.1 Å². The first-order valence-corrected chi connectivity index (χ1v) is 7.86. The highest BCUT2D eigenvalue weighted by atomic mass is 35.5. The Bertz CT molecular complexity index is 299. The first-order chi connectivity index (χ1) is 7.54. The Hall–Kier alpha value is 0.160. The molecule has 0 amide bonds. The van der Waals surface area contributed by atoms with Crippen LogP contribution in [0.25, 0.3) is 0 Å². The predicted octanol–water partition coefficient (Wildman–Crippen LogP) is 1.09. The van der Waals surface area contributed by atoms with Gasteiger partial charge in [-0.1, -0.05) is 12.8 Å². The summed E-state index contributed by atoms with van der Waals surface area (Å²) in [4.78, 5) is 0. The van der Waals surface area contributed by atoms with Crippen molar-refractivity contribution in [2.24, 2.45) is 5.41 Å².